The summed E-state index contributed by atoms with van der Waals surface area (Å²) < 4.78 is 32.6. The fraction of sp³-hybridized carbons (Fsp3) is 0.438. The molecule has 0 bridgehead atoms. The van der Waals surface area contributed by atoms with E-state index in [1.165, 1.54) is 12.1 Å². The smallest absolute Gasteiger partial charge is 0.408 e. The molecule has 17 heteroatoms. The second kappa shape index (κ2) is 19.6. The van der Waals surface area contributed by atoms with Gasteiger partial charge in [0.25, 0.3) is 10.0 Å². The van der Waals surface area contributed by atoms with Gasteiger partial charge in [-0.1, -0.05) is 61.9 Å². The second-order valence-electron chi connectivity index (χ2n) is 11.7. The Hall–Kier alpha value is -5.19. The second-order valence-corrected chi connectivity index (χ2v) is 13.4. The van der Waals surface area contributed by atoms with Crippen LogP contribution in [0.4, 0.5) is 4.79 Å². The van der Waals surface area contributed by atoms with Crippen LogP contribution in [0.3, 0.4) is 0 Å². The van der Waals surface area contributed by atoms with Crippen LogP contribution in [0, 0.1) is 12.8 Å². The van der Waals surface area contributed by atoms with Crippen LogP contribution in [-0.4, -0.2) is 73.9 Å². The molecule has 4 amide bonds. The Morgan fingerprint density at radius 3 is 2.02 bits per heavy atom. The van der Waals surface area contributed by atoms with Gasteiger partial charge in [-0.05, 0) is 56.2 Å². The maximum Gasteiger partial charge on any atom is 0.408 e. The van der Waals surface area contributed by atoms with Crippen molar-refractivity contribution in [1.82, 2.24) is 20.7 Å². The van der Waals surface area contributed by atoms with E-state index in [-0.39, 0.29) is 56.1 Å². The van der Waals surface area contributed by atoms with Gasteiger partial charge in [-0.3, -0.25) is 19.4 Å². The molecule has 0 aliphatic rings. The van der Waals surface area contributed by atoms with Gasteiger partial charge in [0.15, 0.2) is 0 Å². The Labute approximate surface area is 285 Å². The summed E-state index contributed by atoms with van der Waals surface area (Å²) in [5, 5.41) is 17.0. The maximum absolute atomic E-state index is 13.4. The first kappa shape index (κ1) is 40.0. The number of carbonyl (C=O) groups is 5. The third kappa shape index (κ3) is 15.1. The van der Waals surface area contributed by atoms with Gasteiger partial charge >= 0.3 is 12.1 Å². The van der Waals surface area contributed by atoms with Gasteiger partial charge in [0.2, 0.25) is 23.7 Å². The van der Waals surface area contributed by atoms with Gasteiger partial charge in [0.1, 0.15) is 24.7 Å². The molecule has 0 heterocycles. The first-order valence-electron chi connectivity index (χ1n) is 15.6. The number of amides is 4. The number of guanidine groups is 1. The van der Waals surface area contributed by atoms with E-state index in [1.807, 2.05) is 0 Å². The molecule has 0 aromatic heterocycles. The number of rotatable bonds is 19. The van der Waals surface area contributed by atoms with E-state index in [0.717, 1.165) is 5.56 Å². The summed E-state index contributed by atoms with van der Waals surface area (Å²) in [4.78, 5) is 66.6. The molecular weight excluding hydrogens is 658 g/mol. The van der Waals surface area contributed by atoms with Crippen molar-refractivity contribution in [2.75, 3.05) is 6.54 Å². The lowest BCUT2D eigenvalue weighted by molar-refractivity contribution is -0.142. The number of alkyl carbamates (subject to hydrolysis) is 1. The van der Waals surface area contributed by atoms with E-state index in [1.54, 1.807) is 63.2 Å². The number of benzene rings is 2. The molecule has 0 spiro atoms. The molecule has 0 aliphatic carbocycles. The first-order valence-corrected chi connectivity index (χ1v) is 17.0. The SMILES string of the molecule is Cc1ccc(S(=O)(=O)NC(N)=NCCC[C@H](NC(=O)[C@H](CCC(N)=O)NC(=O)OCc2ccccc2)C(=O)N[C@@H](CC(C)C)C(=O)O)cc1. The minimum Gasteiger partial charge on any atom is -0.480 e. The zero-order chi connectivity index (χ0) is 36.6. The average Bonchev–Trinajstić information content (AvgIpc) is 3.03. The van der Waals surface area contributed by atoms with Crippen molar-refractivity contribution >= 4 is 45.8 Å². The minimum absolute atomic E-state index is 0.0199. The Kier molecular flexibility index (Phi) is 16.0. The molecule has 16 nitrogen and oxygen atoms in total. The molecule has 268 valence electrons. The number of aryl methyl sites for hydroxylation is 1. The lowest BCUT2D eigenvalue weighted by Crippen LogP contribution is -2.56. The molecule has 9 N–H and O–H groups in total. The number of nitrogens with one attached hydrogen (secondary N) is 4. The lowest BCUT2D eigenvalue weighted by atomic mass is 10.0. The number of nitrogens with zero attached hydrogens (tertiary/aromatic N) is 1. The van der Waals surface area contributed by atoms with E-state index in [9.17, 15) is 37.5 Å². The number of ether oxygens (including phenoxy) is 1. The fourth-order valence-electron chi connectivity index (χ4n) is 4.41. The Balaban J connectivity index is 2.17. The summed E-state index contributed by atoms with van der Waals surface area (Å²) in [7, 11) is -4.00. The van der Waals surface area contributed by atoms with E-state index in [4.69, 9.17) is 16.2 Å². The highest BCUT2D eigenvalue weighted by molar-refractivity contribution is 7.90. The summed E-state index contributed by atoms with van der Waals surface area (Å²) in [5.41, 5.74) is 12.6. The summed E-state index contributed by atoms with van der Waals surface area (Å²) >= 11 is 0. The summed E-state index contributed by atoms with van der Waals surface area (Å²) in [6, 6.07) is 10.9. The number of primary amides is 1. The molecule has 2 rings (SSSR count). The number of carboxylic acid groups (broad SMARTS) is 1. The summed E-state index contributed by atoms with van der Waals surface area (Å²) in [5.74, 6) is -4.18. The van der Waals surface area contributed by atoms with E-state index in [0.29, 0.717) is 5.56 Å². The molecule has 0 unspecified atom stereocenters. The maximum atomic E-state index is 13.4. The molecule has 3 atom stereocenters. The van der Waals surface area contributed by atoms with Crippen molar-refractivity contribution < 1.29 is 42.2 Å². The van der Waals surface area contributed by atoms with Crippen LogP contribution in [0.5, 0.6) is 0 Å². The van der Waals surface area contributed by atoms with Gasteiger partial charge in [-0.2, -0.15) is 0 Å². The topological polar surface area (TPSA) is 261 Å². The van der Waals surface area contributed by atoms with Gasteiger partial charge < -0.3 is 37.3 Å². The average molecular weight is 704 g/mol. The number of carbonyl (C=O) groups excluding carboxylic acids is 4. The lowest BCUT2D eigenvalue weighted by Gasteiger charge is -2.25. The molecule has 2 aromatic rings. The number of carboxylic acids is 1. The number of hydrogen-bond acceptors (Lipinski definition) is 9. The molecular formula is C32H45N7O9S. The third-order valence-corrected chi connectivity index (χ3v) is 8.33. The molecule has 49 heavy (non-hydrogen) atoms. The predicted octanol–water partition coefficient (Wildman–Crippen LogP) is 1.03. The molecule has 0 saturated carbocycles. The molecule has 0 saturated heterocycles. The number of aliphatic carboxylic acids is 1. The zero-order valence-electron chi connectivity index (χ0n) is 27.7. The first-order chi connectivity index (χ1) is 23.1. The number of nitrogens with two attached hydrogens (primary N) is 2. The fourth-order valence-corrected chi connectivity index (χ4v) is 5.36. The molecule has 0 radical (unpaired) electrons. The Morgan fingerprint density at radius 1 is 0.857 bits per heavy atom. The van der Waals surface area contributed by atoms with Crippen molar-refractivity contribution in [1.29, 1.82) is 0 Å². The normalized spacial score (nSPS) is 13.4. The van der Waals surface area contributed by atoms with Crippen LogP contribution in [0.15, 0.2) is 64.5 Å². The quantitative estimate of drug-likeness (QED) is 0.0621. The monoisotopic (exact) mass is 703 g/mol. The van der Waals surface area contributed by atoms with Crippen LogP contribution in [-0.2, 0) is 40.5 Å². The highest BCUT2D eigenvalue weighted by Gasteiger charge is 2.30. The largest absolute Gasteiger partial charge is 0.480 e. The minimum atomic E-state index is -4.00. The van der Waals surface area contributed by atoms with Crippen molar-refractivity contribution in [3.8, 4) is 0 Å². The molecule has 2 aromatic carbocycles. The van der Waals surface area contributed by atoms with Crippen LogP contribution in [0.25, 0.3) is 0 Å². The van der Waals surface area contributed by atoms with E-state index >= 15 is 0 Å². The van der Waals surface area contributed by atoms with Crippen LogP contribution < -0.4 is 32.1 Å². The van der Waals surface area contributed by atoms with Gasteiger partial charge in [0, 0.05) is 13.0 Å². The number of sulfonamides is 1. The van der Waals surface area contributed by atoms with Crippen LogP contribution in [0.1, 0.15) is 57.1 Å². The van der Waals surface area contributed by atoms with E-state index < -0.39 is 63.9 Å². The Morgan fingerprint density at radius 2 is 1.45 bits per heavy atom. The van der Waals surface area contributed by atoms with Crippen molar-refractivity contribution in [2.24, 2.45) is 22.4 Å². The van der Waals surface area contributed by atoms with Crippen molar-refractivity contribution in [3.05, 3.63) is 65.7 Å². The zero-order valence-corrected chi connectivity index (χ0v) is 28.5. The van der Waals surface area contributed by atoms with Crippen LogP contribution >= 0.6 is 0 Å². The van der Waals surface area contributed by atoms with Gasteiger partial charge in [0.05, 0.1) is 4.90 Å². The van der Waals surface area contributed by atoms with Gasteiger partial charge in [-0.15, -0.1) is 0 Å². The van der Waals surface area contributed by atoms with Crippen LogP contribution in [0.2, 0.25) is 0 Å². The summed E-state index contributed by atoms with van der Waals surface area (Å²) in [6.45, 7) is 5.19. The van der Waals surface area contributed by atoms with E-state index in [2.05, 4.69) is 25.7 Å². The standard InChI is InChI=1S/C32H45N7O9S/c1-20(2)18-26(30(43)44)37-28(41)24(10-7-17-35-31(34)39-49(46,47)23-13-11-21(3)12-14-23)36-29(42)25(15-16-27(33)40)38-32(45)48-19-22-8-5-4-6-9-22/h4-6,8-9,11-14,20,24-26H,7,10,15-19H2,1-3H3,(H2,33,40)(H,36,42)(H,37,41)(H,38,45)(H,43,44)(H3,34,35,39)/t24-,25-,26-/m0/s1. The molecule has 0 aliphatic heterocycles. The summed E-state index contributed by atoms with van der Waals surface area (Å²) in [6.07, 6.45) is -1.35. The number of hydrogen-bond donors (Lipinski definition) is 7. The predicted molar refractivity (Wildman–Crippen MR) is 180 cm³/mol. The highest BCUT2D eigenvalue weighted by atomic mass is 32.2. The van der Waals surface area contributed by atoms with Crippen molar-refractivity contribution in [3.63, 3.8) is 0 Å². The number of aliphatic imine (C=N–C) groups is 1. The third-order valence-electron chi connectivity index (χ3n) is 6.96. The molecule has 0 fully saturated rings. The van der Waals surface area contributed by atoms with Gasteiger partial charge in [-0.25, -0.2) is 22.7 Å². The highest BCUT2D eigenvalue weighted by Crippen LogP contribution is 2.11. The van der Waals surface area contributed by atoms with Crippen molar-refractivity contribution in [2.45, 2.75) is 82.5 Å². The Bertz CT molecular complexity index is 1570.